The van der Waals surface area contributed by atoms with E-state index in [1.165, 1.54) is 16.7 Å². The van der Waals surface area contributed by atoms with Crippen LogP contribution in [0.4, 0.5) is 0 Å². The number of hydrogen-bond acceptors (Lipinski definition) is 1. The average Bonchev–Trinajstić information content (AvgIpc) is 2.86. The van der Waals surface area contributed by atoms with Gasteiger partial charge in [0.2, 0.25) is 0 Å². The molecule has 0 saturated heterocycles. The summed E-state index contributed by atoms with van der Waals surface area (Å²) in [6.45, 7) is 6.78. The van der Waals surface area contributed by atoms with Gasteiger partial charge in [0.25, 0.3) is 0 Å². The summed E-state index contributed by atoms with van der Waals surface area (Å²) in [7, 11) is 0. The van der Waals surface area contributed by atoms with Crippen LogP contribution in [0.5, 0.6) is 0 Å². The molecule has 1 aliphatic rings. The fourth-order valence-electron chi connectivity index (χ4n) is 3.35. The minimum absolute atomic E-state index is 0.0727. The molecule has 0 N–H and O–H groups in total. The fraction of sp³-hybridized carbons (Fsp3) is 0.250. The molecule has 1 nitrogen and oxygen atoms in total. The van der Waals surface area contributed by atoms with Gasteiger partial charge in [0.05, 0.1) is 16.1 Å². The standard InChI is InChI=1S/C20H20OS/c1-20(2,3)19(14-9-5-4-6-10-14)17-13-18(22-21)16-12-8-7-11-15(16)17/h4-13,19H,1-3H3. The van der Waals surface area contributed by atoms with E-state index < -0.39 is 0 Å². The first-order valence-electron chi connectivity index (χ1n) is 7.55. The quantitative estimate of drug-likeness (QED) is 0.738. The first-order valence-corrected chi connectivity index (χ1v) is 8.29. The highest BCUT2D eigenvalue weighted by Crippen LogP contribution is 2.47. The van der Waals surface area contributed by atoms with Gasteiger partial charge in [0.15, 0.2) is 0 Å². The van der Waals surface area contributed by atoms with Gasteiger partial charge in [-0.2, -0.15) is 0 Å². The van der Waals surface area contributed by atoms with E-state index in [-0.39, 0.29) is 11.3 Å². The maximum Gasteiger partial charge on any atom is 0.0971 e. The third kappa shape index (κ3) is 2.59. The number of fused-ring (bicyclic) bond motifs is 1. The highest BCUT2D eigenvalue weighted by atomic mass is 32.1. The molecule has 1 unspecified atom stereocenters. The minimum atomic E-state index is 0.0727. The highest BCUT2D eigenvalue weighted by Gasteiger charge is 2.34. The van der Waals surface area contributed by atoms with Crippen molar-refractivity contribution >= 4 is 21.7 Å². The maximum absolute atomic E-state index is 11.5. The summed E-state index contributed by atoms with van der Waals surface area (Å²) in [4.78, 5) is 0.829. The van der Waals surface area contributed by atoms with Crippen LogP contribution < -0.4 is 0 Å². The van der Waals surface area contributed by atoms with Gasteiger partial charge < -0.3 is 0 Å². The summed E-state index contributed by atoms with van der Waals surface area (Å²) >= 11 is 0.592. The van der Waals surface area contributed by atoms with Crippen LogP contribution in [-0.4, -0.2) is 9.07 Å². The zero-order valence-electron chi connectivity index (χ0n) is 13.2. The number of benzene rings is 2. The lowest BCUT2D eigenvalue weighted by Gasteiger charge is -2.33. The van der Waals surface area contributed by atoms with E-state index in [4.69, 9.17) is 0 Å². The van der Waals surface area contributed by atoms with Gasteiger partial charge in [-0.05, 0) is 28.2 Å². The molecule has 0 aliphatic heterocycles. The van der Waals surface area contributed by atoms with Crippen molar-refractivity contribution in [2.45, 2.75) is 26.7 Å². The summed E-state index contributed by atoms with van der Waals surface area (Å²) in [5, 5.41) is 0. The second-order valence-electron chi connectivity index (χ2n) is 6.80. The Kier molecular flexibility index (Phi) is 3.88. The molecule has 0 saturated carbocycles. The lowest BCUT2D eigenvalue weighted by molar-refractivity contribution is 0.375. The lowest BCUT2D eigenvalue weighted by atomic mass is 9.71. The zero-order valence-corrected chi connectivity index (χ0v) is 14.0. The molecular weight excluding hydrogens is 288 g/mol. The van der Waals surface area contributed by atoms with E-state index in [0.29, 0.717) is 11.3 Å². The Labute approximate surface area is 135 Å². The predicted octanol–water partition coefficient (Wildman–Crippen LogP) is 4.65. The Hall–Kier alpha value is -1.93. The summed E-state index contributed by atoms with van der Waals surface area (Å²) in [6, 6.07) is 18.8. The van der Waals surface area contributed by atoms with Gasteiger partial charge in [0, 0.05) is 11.5 Å². The monoisotopic (exact) mass is 308 g/mol. The van der Waals surface area contributed by atoms with Crippen LogP contribution in [0.3, 0.4) is 0 Å². The van der Waals surface area contributed by atoms with E-state index >= 15 is 0 Å². The summed E-state index contributed by atoms with van der Waals surface area (Å²) in [6.07, 6.45) is 2.09. The van der Waals surface area contributed by atoms with Crippen LogP contribution in [-0.2, 0) is 11.3 Å². The van der Waals surface area contributed by atoms with E-state index in [2.05, 4.69) is 63.2 Å². The molecule has 2 heteroatoms. The first-order chi connectivity index (χ1) is 10.5. The van der Waals surface area contributed by atoms with Crippen molar-refractivity contribution in [1.29, 1.82) is 0 Å². The van der Waals surface area contributed by atoms with Crippen LogP contribution in [0.1, 0.15) is 43.4 Å². The Bertz CT molecular complexity index is 775. The number of rotatable bonds is 2. The molecule has 0 radical (unpaired) electrons. The molecule has 2 aromatic rings. The van der Waals surface area contributed by atoms with Crippen LogP contribution in [0.25, 0.3) is 5.57 Å². The molecule has 0 fully saturated rings. The summed E-state index contributed by atoms with van der Waals surface area (Å²) in [5.74, 6) is 0.263. The molecule has 22 heavy (non-hydrogen) atoms. The summed E-state index contributed by atoms with van der Waals surface area (Å²) in [5.41, 5.74) is 4.90. The Balaban J connectivity index is 2.21. The van der Waals surface area contributed by atoms with E-state index in [1.807, 2.05) is 18.2 Å². The Morgan fingerprint density at radius 1 is 0.864 bits per heavy atom. The van der Waals surface area contributed by atoms with Gasteiger partial charge >= 0.3 is 0 Å². The molecule has 0 bridgehead atoms. The number of hydrogen-bond donors (Lipinski definition) is 0. The average molecular weight is 308 g/mol. The van der Waals surface area contributed by atoms with E-state index in [9.17, 15) is 4.21 Å². The third-order valence-corrected chi connectivity index (χ3v) is 4.71. The van der Waals surface area contributed by atoms with Crippen LogP contribution in [0, 0.1) is 5.41 Å². The molecule has 0 aromatic heterocycles. The van der Waals surface area contributed by atoms with Crippen molar-refractivity contribution in [2.24, 2.45) is 5.41 Å². The van der Waals surface area contributed by atoms with Gasteiger partial charge in [-0.15, -0.1) is 0 Å². The Morgan fingerprint density at radius 2 is 1.45 bits per heavy atom. The molecule has 2 aromatic carbocycles. The van der Waals surface area contributed by atoms with Crippen molar-refractivity contribution in [1.82, 2.24) is 0 Å². The number of allylic oxidation sites excluding steroid dienone is 2. The lowest BCUT2D eigenvalue weighted by Crippen LogP contribution is -2.19. The van der Waals surface area contributed by atoms with Gasteiger partial charge in [-0.1, -0.05) is 75.4 Å². The summed E-state index contributed by atoms with van der Waals surface area (Å²) < 4.78 is 11.5. The molecule has 1 atom stereocenters. The smallest absolute Gasteiger partial charge is 0.0971 e. The van der Waals surface area contributed by atoms with Crippen LogP contribution >= 0.6 is 0 Å². The van der Waals surface area contributed by atoms with Gasteiger partial charge in [0.1, 0.15) is 0 Å². The van der Waals surface area contributed by atoms with Gasteiger partial charge in [-0.25, -0.2) is 4.21 Å². The fourth-order valence-corrected chi connectivity index (χ4v) is 3.79. The molecule has 112 valence electrons. The molecule has 0 heterocycles. The first kappa shape index (κ1) is 15.0. The second-order valence-corrected chi connectivity index (χ2v) is 7.41. The molecular formula is C20H20OS. The van der Waals surface area contributed by atoms with E-state index in [1.54, 1.807) is 0 Å². The van der Waals surface area contributed by atoms with Crippen molar-refractivity contribution in [3.63, 3.8) is 0 Å². The van der Waals surface area contributed by atoms with Crippen LogP contribution in [0.15, 0.2) is 60.7 Å². The zero-order chi connectivity index (χ0) is 15.7. The van der Waals surface area contributed by atoms with Crippen molar-refractivity contribution in [3.05, 3.63) is 77.4 Å². The largest absolute Gasteiger partial charge is 0.212 e. The van der Waals surface area contributed by atoms with Crippen molar-refractivity contribution in [2.75, 3.05) is 0 Å². The van der Waals surface area contributed by atoms with Crippen LogP contribution in [0.2, 0.25) is 0 Å². The predicted molar refractivity (Wildman–Crippen MR) is 95.3 cm³/mol. The topological polar surface area (TPSA) is 17.1 Å². The van der Waals surface area contributed by atoms with Gasteiger partial charge in [-0.3, -0.25) is 0 Å². The second kappa shape index (κ2) is 5.69. The SMILES string of the molecule is CC(C)(C)C(C1=CC(=S=O)c2ccccc21)c1ccccc1. The normalized spacial score (nSPS) is 15.2. The molecule has 1 aliphatic carbocycles. The third-order valence-electron chi connectivity index (χ3n) is 4.19. The Morgan fingerprint density at radius 3 is 2.05 bits per heavy atom. The molecule has 0 amide bonds. The minimum Gasteiger partial charge on any atom is -0.212 e. The molecule has 3 rings (SSSR count). The van der Waals surface area contributed by atoms with E-state index in [0.717, 1.165) is 10.4 Å². The van der Waals surface area contributed by atoms with Crippen molar-refractivity contribution < 1.29 is 4.21 Å². The molecule has 0 spiro atoms. The maximum atomic E-state index is 11.5. The highest BCUT2D eigenvalue weighted by molar-refractivity contribution is 7.67. The van der Waals surface area contributed by atoms with Crippen molar-refractivity contribution in [3.8, 4) is 0 Å².